The van der Waals surface area contributed by atoms with Crippen molar-refractivity contribution in [3.8, 4) is 21.7 Å². The second-order valence-corrected chi connectivity index (χ2v) is 7.19. The molecule has 28 heavy (non-hydrogen) atoms. The van der Waals surface area contributed by atoms with Crippen LogP contribution in [0.1, 0.15) is 0 Å². The Morgan fingerprint density at radius 2 is 1.86 bits per heavy atom. The van der Waals surface area contributed by atoms with Gasteiger partial charge in [0.2, 0.25) is 0 Å². The summed E-state index contributed by atoms with van der Waals surface area (Å²) in [6.45, 7) is 0. The molecule has 0 amide bonds. The molecule has 4 aromatic rings. The summed E-state index contributed by atoms with van der Waals surface area (Å²) in [6.07, 6.45) is 0. The van der Waals surface area contributed by atoms with Crippen molar-refractivity contribution in [1.82, 2.24) is 14.1 Å². The first-order valence-electron chi connectivity index (χ1n) is 8.28. The zero-order valence-electron chi connectivity index (χ0n) is 14.9. The van der Waals surface area contributed by atoms with Crippen LogP contribution in [0.5, 0.6) is 0 Å². The number of aryl methyl sites for hydroxylation is 1. The van der Waals surface area contributed by atoms with E-state index in [4.69, 9.17) is 0 Å². The summed E-state index contributed by atoms with van der Waals surface area (Å²) in [5.41, 5.74) is 0.765. The van der Waals surface area contributed by atoms with Gasteiger partial charge in [-0.15, -0.1) is 11.3 Å². The first kappa shape index (κ1) is 17.8. The number of hydrogen-bond donors (Lipinski definition) is 0. The lowest BCUT2D eigenvalue weighted by Gasteiger charge is -2.12. The molecule has 4 rings (SSSR count). The molecular formula is C19H14N4O4S. The van der Waals surface area contributed by atoms with E-state index in [-0.39, 0.29) is 16.7 Å². The summed E-state index contributed by atoms with van der Waals surface area (Å²) in [4.78, 5) is 41.4. The van der Waals surface area contributed by atoms with Crippen molar-refractivity contribution < 1.29 is 4.92 Å². The van der Waals surface area contributed by atoms with Gasteiger partial charge in [0.1, 0.15) is 0 Å². The molecule has 0 bridgehead atoms. The Labute approximate surface area is 162 Å². The van der Waals surface area contributed by atoms with E-state index in [9.17, 15) is 19.7 Å². The number of pyridine rings is 1. The van der Waals surface area contributed by atoms with Crippen LogP contribution in [0.25, 0.3) is 32.7 Å². The van der Waals surface area contributed by atoms with Crippen LogP contribution in [-0.2, 0) is 14.1 Å². The van der Waals surface area contributed by atoms with Crippen molar-refractivity contribution in [2.75, 3.05) is 0 Å². The fourth-order valence-electron chi connectivity index (χ4n) is 3.12. The van der Waals surface area contributed by atoms with E-state index in [1.54, 1.807) is 25.2 Å². The molecule has 0 unspecified atom stereocenters. The summed E-state index contributed by atoms with van der Waals surface area (Å²) in [7, 11) is 2.95. The maximum atomic E-state index is 12.9. The van der Waals surface area contributed by atoms with Gasteiger partial charge in [0.25, 0.3) is 11.2 Å². The molecule has 3 heterocycles. The summed E-state index contributed by atoms with van der Waals surface area (Å²) in [5, 5.41) is 13.3. The maximum Gasteiger partial charge on any atom is 0.332 e. The van der Waals surface area contributed by atoms with Crippen molar-refractivity contribution in [2.24, 2.45) is 14.1 Å². The van der Waals surface area contributed by atoms with Gasteiger partial charge >= 0.3 is 5.69 Å². The summed E-state index contributed by atoms with van der Waals surface area (Å²) in [6, 6.07) is 11.6. The molecule has 0 spiro atoms. The SMILES string of the molecule is Cn1c(=O)c2c(-c3cccc([N+](=O)[O-])c3)cc(-c3cccs3)nc2n(C)c1=O. The molecule has 0 N–H and O–H groups in total. The van der Waals surface area contributed by atoms with Gasteiger partial charge in [0.05, 0.1) is 20.9 Å². The van der Waals surface area contributed by atoms with E-state index in [1.807, 2.05) is 17.5 Å². The van der Waals surface area contributed by atoms with Gasteiger partial charge in [-0.2, -0.15) is 0 Å². The second kappa shape index (κ2) is 6.54. The number of aromatic nitrogens is 3. The van der Waals surface area contributed by atoms with Crippen LogP contribution >= 0.6 is 11.3 Å². The topological polar surface area (TPSA) is 100 Å². The third kappa shape index (κ3) is 2.72. The zero-order chi connectivity index (χ0) is 20.0. The van der Waals surface area contributed by atoms with Crippen LogP contribution in [0.15, 0.2) is 57.4 Å². The number of fused-ring (bicyclic) bond motifs is 1. The summed E-state index contributed by atoms with van der Waals surface area (Å²) >= 11 is 1.47. The van der Waals surface area contributed by atoms with Gasteiger partial charge in [-0.05, 0) is 23.1 Å². The number of hydrogen-bond acceptors (Lipinski definition) is 6. The number of non-ortho nitro benzene ring substituents is 1. The third-order valence-electron chi connectivity index (χ3n) is 4.55. The van der Waals surface area contributed by atoms with Crippen molar-refractivity contribution in [3.63, 3.8) is 0 Å². The van der Waals surface area contributed by atoms with Crippen LogP contribution < -0.4 is 11.2 Å². The number of nitro benzene ring substituents is 1. The highest BCUT2D eigenvalue weighted by Crippen LogP contribution is 2.33. The first-order valence-corrected chi connectivity index (χ1v) is 9.16. The summed E-state index contributed by atoms with van der Waals surface area (Å²) in [5.74, 6) is 0. The number of rotatable bonds is 3. The number of nitro groups is 1. The Balaban J connectivity index is 2.18. The standard InChI is InChI=1S/C19H14N4O4S/c1-21-17-16(18(24)22(2)19(21)25)13(10-14(20-17)15-7-4-8-28-15)11-5-3-6-12(9-11)23(26)27/h3-10H,1-2H3. The number of nitrogens with zero attached hydrogens (tertiary/aromatic N) is 4. The zero-order valence-corrected chi connectivity index (χ0v) is 15.8. The Bertz CT molecular complexity index is 1350. The molecule has 3 aromatic heterocycles. The van der Waals surface area contributed by atoms with Crippen LogP contribution in [0.3, 0.4) is 0 Å². The molecule has 140 valence electrons. The highest BCUT2D eigenvalue weighted by Gasteiger charge is 2.19. The molecule has 0 saturated carbocycles. The quantitative estimate of drug-likeness (QED) is 0.393. The molecule has 0 radical (unpaired) electrons. The Morgan fingerprint density at radius 1 is 1.07 bits per heavy atom. The van der Waals surface area contributed by atoms with Gasteiger partial charge in [0, 0.05) is 31.8 Å². The monoisotopic (exact) mass is 394 g/mol. The van der Waals surface area contributed by atoms with Crippen LogP contribution in [-0.4, -0.2) is 19.0 Å². The summed E-state index contributed by atoms with van der Waals surface area (Å²) < 4.78 is 2.32. The lowest BCUT2D eigenvalue weighted by Crippen LogP contribution is -2.37. The lowest BCUT2D eigenvalue weighted by molar-refractivity contribution is -0.384. The van der Waals surface area contributed by atoms with Crippen molar-refractivity contribution in [2.45, 2.75) is 0 Å². The highest BCUT2D eigenvalue weighted by atomic mass is 32.1. The minimum atomic E-state index is -0.496. The van der Waals surface area contributed by atoms with E-state index < -0.39 is 16.2 Å². The first-order chi connectivity index (χ1) is 13.4. The average molecular weight is 394 g/mol. The molecule has 1 aromatic carbocycles. The lowest BCUT2D eigenvalue weighted by atomic mass is 10.0. The molecule has 8 nitrogen and oxygen atoms in total. The molecule has 0 atom stereocenters. The minimum absolute atomic E-state index is 0.0817. The molecule has 0 fully saturated rings. The van der Waals surface area contributed by atoms with E-state index in [2.05, 4.69) is 4.98 Å². The molecule has 0 aliphatic carbocycles. The highest BCUT2D eigenvalue weighted by molar-refractivity contribution is 7.13. The normalized spacial score (nSPS) is 11.1. The van der Waals surface area contributed by atoms with Crippen molar-refractivity contribution in [3.05, 3.63) is 78.8 Å². The smallest absolute Gasteiger partial charge is 0.280 e. The van der Waals surface area contributed by atoms with Gasteiger partial charge in [-0.1, -0.05) is 18.2 Å². The Hall–Kier alpha value is -3.59. The van der Waals surface area contributed by atoms with E-state index in [1.165, 1.54) is 35.1 Å². The van der Waals surface area contributed by atoms with E-state index in [0.717, 1.165) is 9.44 Å². The van der Waals surface area contributed by atoms with Crippen LogP contribution in [0, 0.1) is 10.1 Å². The van der Waals surface area contributed by atoms with E-state index >= 15 is 0 Å². The minimum Gasteiger partial charge on any atom is -0.280 e. The fourth-order valence-corrected chi connectivity index (χ4v) is 3.81. The number of thiophene rings is 1. The fraction of sp³-hybridized carbons (Fsp3) is 0.105. The molecule has 9 heteroatoms. The van der Waals surface area contributed by atoms with Crippen molar-refractivity contribution in [1.29, 1.82) is 0 Å². The van der Waals surface area contributed by atoms with Gasteiger partial charge in [-0.3, -0.25) is 24.0 Å². The average Bonchev–Trinajstić information content (AvgIpc) is 3.24. The third-order valence-corrected chi connectivity index (χ3v) is 5.44. The van der Waals surface area contributed by atoms with Crippen LogP contribution in [0.4, 0.5) is 5.69 Å². The van der Waals surface area contributed by atoms with Gasteiger partial charge < -0.3 is 0 Å². The predicted octanol–water partition coefficient (Wildman–Crippen LogP) is 2.94. The molecule has 0 aliphatic rings. The van der Waals surface area contributed by atoms with E-state index in [0.29, 0.717) is 16.8 Å². The van der Waals surface area contributed by atoms with Gasteiger partial charge in [-0.25, -0.2) is 9.78 Å². The molecular weight excluding hydrogens is 380 g/mol. The Morgan fingerprint density at radius 3 is 2.54 bits per heavy atom. The molecule has 0 saturated heterocycles. The Kier molecular flexibility index (Phi) is 4.16. The van der Waals surface area contributed by atoms with Crippen molar-refractivity contribution >= 4 is 28.1 Å². The second-order valence-electron chi connectivity index (χ2n) is 6.24. The predicted molar refractivity (Wildman–Crippen MR) is 108 cm³/mol. The van der Waals surface area contributed by atoms with Gasteiger partial charge in [0.15, 0.2) is 5.65 Å². The largest absolute Gasteiger partial charge is 0.332 e. The van der Waals surface area contributed by atoms with Crippen LogP contribution in [0.2, 0.25) is 0 Å². The molecule has 0 aliphatic heterocycles. The number of benzene rings is 1. The maximum absolute atomic E-state index is 12.9.